The highest BCUT2D eigenvalue weighted by atomic mass is 79.9. The predicted octanol–water partition coefficient (Wildman–Crippen LogP) is 2.10. The molecule has 0 aliphatic carbocycles. The largest absolute Gasteiger partial charge is 0.463 e. The number of rotatable bonds is 3. The summed E-state index contributed by atoms with van der Waals surface area (Å²) in [5.41, 5.74) is 6.75. The van der Waals surface area contributed by atoms with Crippen molar-refractivity contribution < 1.29 is 4.74 Å². The summed E-state index contributed by atoms with van der Waals surface area (Å²) in [6.45, 7) is 0.625. The van der Waals surface area contributed by atoms with Gasteiger partial charge in [-0.1, -0.05) is 28.1 Å². The molecule has 80 valence electrons. The second-order valence-electron chi connectivity index (χ2n) is 3.60. The SMILES string of the molecule is NC1=NC(CCc2cccc(Br)c2)CO1. The van der Waals surface area contributed by atoms with Crippen molar-refractivity contribution in [3.63, 3.8) is 0 Å². The van der Waals surface area contributed by atoms with Crippen molar-refractivity contribution in [2.75, 3.05) is 6.61 Å². The Morgan fingerprint density at radius 1 is 1.53 bits per heavy atom. The van der Waals surface area contributed by atoms with Crippen LogP contribution in [0.1, 0.15) is 12.0 Å². The van der Waals surface area contributed by atoms with Gasteiger partial charge in [0, 0.05) is 4.47 Å². The van der Waals surface area contributed by atoms with E-state index in [0.29, 0.717) is 12.6 Å². The Kier molecular flexibility index (Phi) is 3.26. The second kappa shape index (κ2) is 4.66. The van der Waals surface area contributed by atoms with Crippen molar-refractivity contribution in [2.24, 2.45) is 10.7 Å². The van der Waals surface area contributed by atoms with Crippen LogP contribution < -0.4 is 5.73 Å². The Morgan fingerprint density at radius 2 is 2.40 bits per heavy atom. The summed E-state index contributed by atoms with van der Waals surface area (Å²) in [6.07, 6.45) is 1.99. The molecule has 0 saturated carbocycles. The summed E-state index contributed by atoms with van der Waals surface area (Å²) < 4.78 is 6.21. The van der Waals surface area contributed by atoms with Gasteiger partial charge in [0.05, 0.1) is 6.04 Å². The van der Waals surface area contributed by atoms with Crippen LogP contribution in [0.25, 0.3) is 0 Å². The fourth-order valence-corrected chi connectivity index (χ4v) is 2.06. The third kappa shape index (κ3) is 2.96. The van der Waals surface area contributed by atoms with Gasteiger partial charge in [-0.3, -0.25) is 0 Å². The number of ether oxygens (including phenoxy) is 1. The predicted molar refractivity (Wildman–Crippen MR) is 63.8 cm³/mol. The molecular weight excluding hydrogens is 256 g/mol. The molecule has 3 nitrogen and oxygen atoms in total. The molecular formula is C11H13BrN2O. The molecule has 1 aromatic rings. The number of hydrogen-bond donors (Lipinski definition) is 1. The van der Waals surface area contributed by atoms with Crippen LogP contribution in [0.3, 0.4) is 0 Å². The number of aliphatic imine (C=N–C) groups is 1. The highest BCUT2D eigenvalue weighted by Crippen LogP contribution is 2.15. The summed E-state index contributed by atoms with van der Waals surface area (Å²) >= 11 is 3.45. The lowest BCUT2D eigenvalue weighted by atomic mass is 10.1. The Balaban J connectivity index is 1.88. The minimum absolute atomic E-state index is 0.226. The highest BCUT2D eigenvalue weighted by Gasteiger charge is 2.15. The lowest BCUT2D eigenvalue weighted by Gasteiger charge is -2.05. The van der Waals surface area contributed by atoms with Gasteiger partial charge in [0.15, 0.2) is 0 Å². The summed E-state index contributed by atoms with van der Waals surface area (Å²) in [4.78, 5) is 4.19. The van der Waals surface area contributed by atoms with Crippen LogP contribution >= 0.6 is 15.9 Å². The molecule has 0 amide bonds. The minimum atomic E-state index is 0.226. The zero-order chi connectivity index (χ0) is 10.7. The van der Waals surface area contributed by atoms with Crippen LogP contribution in [0, 0.1) is 0 Å². The van der Waals surface area contributed by atoms with Crippen molar-refractivity contribution in [2.45, 2.75) is 18.9 Å². The topological polar surface area (TPSA) is 47.6 Å². The molecule has 0 saturated heterocycles. The average Bonchev–Trinajstić information content (AvgIpc) is 2.62. The van der Waals surface area contributed by atoms with Crippen LogP contribution in [0.5, 0.6) is 0 Å². The van der Waals surface area contributed by atoms with Gasteiger partial charge in [0.1, 0.15) is 6.61 Å². The molecule has 1 aliphatic rings. The van der Waals surface area contributed by atoms with Gasteiger partial charge in [-0.05, 0) is 30.5 Å². The zero-order valence-corrected chi connectivity index (χ0v) is 9.90. The first-order valence-electron chi connectivity index (χ1n) is 4.94. The maximum absolute atomic E-state index is 5.44. The van der Waals surface area contributed by atoms with Crippen LogP contribution in [-0.2, 0) is 11.2 Å². The van der Waals surface area contributed by atoms with E-state index < -0.39 is 0 Å². The minimum Gasteiger partial charge on any atom is -0.463 e. The van der Waals surface area contributed by atoms with Gasteiger partial charge in [-0.15, -0.1) is 0 Å². The van der Waals surface area contributed by atoms with E-state index in [4.69, 9.17) is 10.5 Å². The number of aryl methyl sites for hydroxylation is 1. The van der Waals surface area contributed by atoms with Crippen molar-refractivity contribution in [1.82, 2.24) is 0 Å². The molecule has 2 N–H and O–H groups in total. The summed E-state index contributed by atoms with van der Waals surface area (Å²) in [7, 11) is 0. The van der Waals surface area contributed by atoms with Gasteiger partial charge in [0.2, 0.25) is 0 Å². The molecule has 0 radical (unpaired) electrons. The van der Waals surface area contributed by atoms with Gasteiger partial charge < -0.3 is 10.5 Å². The molecule has 1 atom stereocenters. The number of hydrogen-bond acceptors (Lipinski definition) is 3. The first-order valence-corrected chi connectivity index (χ1v) is 5.74. The standard InChI is InChI=1S/C11H13BrN2O/c12-9-3-1-2-8(6-9)4-5-10-7-15-11(13)14-10/h1-3,6,10H,4-5,7H2,(H2,13,14). The smallest absolute Gasteiger partial charge is 0.282 e. The Morgan fingerprint density at radius 3 is 3.07 bits per heavy atom. The number of halogens is 1. The molecule has 0 fully saturated rings. The molecule has 15 heavy (non-hydrogen) atoms. The van der Waals surface area contributed by atoms with Crippen molar-refractivity contribution in [3.05, 3.63) is 34.3 Å². The first kappa shape index (κ1) is 10.5. The van der Waals surface area contributed by atoms with E-state index in [9.17, 15) is 0 Å². The van der Waals surface area contributed by atoms with E-state index in [2.05, 4.69) is 33.1 Å². The van der Waals surface area contributed by atoms with E-state index in [1.165, 1.54) is 5.56 Å². The number of amidine groups is 1. The Bertz CT molecular complexity index is 379. The van der Waals surface area contributed by atoms with Gasteiger partial charge in [-0.2, -0.15) is 0 Å². The number of benzene rings is 1. The van der Waals surface area contributed by atoms with Crippen molar-refractivity contribution in [1.29, 1.82) is 0 Å². The van der Waals surface area contributed by atoms with Crippen LogP contribution in [0.2, 0.25) is 0 Å². The molecule has 1 unspecified atom stereocenters. The van der Waals surface area contributed by atoms with E-state index in [-0.39, 0.29) is 6.04 Å². The maximum Gasteiger partial charge on any atom is 0.282 e. The summed E-state index contributed by atoms with van der Waals surface area (Å²) in [5, 5.41) is 0. The van der Waals surface area contributed by atoms with Crippen LogP contribution in [0.15, 0.2) is 33.7 Å². The van der Waals surface area contributed by atoms with E-state index in [1.54, 1.807) is 0 Å². The van der Waals surface area contributed by atoms with E-state index in [0.717, 1.165) is 17.3 Å². The molecule has 2 rings (SSSR count). The lowest BCUT2D eigenvalue weighted by molar-refractivity contribution is 0.308. The first-order chi connectivity index (χ1) is 7.24. The lowest BCUT2D eigenvalue weighted by Crippen LogP contribution is -2.10. The van der Waals surface area contributed by atoms with Gasteiger partial charge >= 0.3 is 0 Å². The molecule has 0 bridgehead atoms. The molecule has 1 aromatic carbocycles. The molecule has 4 heteroatoms. The number of nitrogens with two attached hydrogens (primary N) is 1. The van der Waals surface area contributed by atoms with Crippen LogP contribution in [0.4, 0.5) is 0 Å². The van der Waals surface area contributed by atoms with Crippen molar-refractivity contribution >= 4 is 22.0 Å². The fraction of sp³-hybridized carbons (Fsp3) is 0.364. The number of nitrogens with zero attached hydrogens (tertiary/aromatic N) is 1. The molecule has 1 aliphatic heterocycles. The zero-order valence-electron chi connectivity index (χ0n) is 8.32. The summed E-state index contributed by atoms with van der Waals surface area (Å²) in [5.74, 6) is 0. The summed E-state index contributed by atoms with van der Waals surface area (Å²) in [6, 6.07) is 8.87. The molecule has 0 spiro atoms. The van der Waals surface area contributed by atoms with E-state index in [1.807, 2.05) is 12.1 Å². The average molecular weight is 269 g/mol. The third-order valence-corrected chi connectivity index (χ3v) is 2.88. The second-order valence-corrected chi connectivity index (χ2v) is 4.52. The molecule has 0 aromatic heterocycles. The third-order valence-electron chi connectivity index (χ3n) is 2.39. The van der Waals surface area contributed by atoms with E-state index >= 15 is 0 Å². The normalized spacial score (nSPS) is 19.8. The van der Waals surface area contributed by atoms with Crippen LogP contribution in [-0.4, -0.2) is 18.7 Å². The maximum atomic E-state index is 5.44. The highest BCUT2D eigenvalue weighted by molar-refractivity contribution is 9.10. The fourth-order valence-electron chi connectivity index (χ4n) is 1.61. The molecule has 1 heterocycles. The quantitative estimate of drug-likeness (QED) is 0.913. The van der Waals surface area contributed by atoms with Gasteiger partial charge in [0.25, 0.3) is 6.02 Å². The van der Waals surface area contributed by atoms with Gasteiger partial charge in [-0.25, -0.2) is 4.99 Å². The monoisotopic (exact) mass is 268 g/mol. The van der Waals surface area contributed by atoms with Crippen molar-refractivity contribution in [3.8, 4) is 0 Å². The Labute approximate surface area is 97.5 Å². The Hall–Kier alpha value is -1.03.